The van der Waals surface area contributed by atoms with Gasteiger partial charge in [-0.25, -0.2) is 9.78 Å². The molecule has 0 aliphatic rings. The summed E-state index contributed by atoms with van der Waals surface area (Å²) in [6.07, 6.45) is 0. The molecule has 0 aliphatic carbocycles. The van der Waals surface area contributed by atoms with E-state index >= 15 is 0 Å². The Balaban J connectivity index is 1.95. The van der Waals surface area contributed by atoms with Crippen molar-refractivity contribution in [3.63, 3.8) is 0 Å². The molecule has 0 radical (unpaired) electrons. The fourth-order valence-corrected chi connectivity index (χ4v) is 3.14. The van der Waals surface area contributed by atoms with Crippen LogP contribution in [0.15, 0.2) is 70.9 Å². The fraction of sp³-hybridized carbons (Fsp3) is 0.174. The molecule has 0 atom stereocenters. The lowest BCUT2D eigenvalue weighted by atomic mass is 10.1. The van der Waals surface area contributed by atoms with Crippen molar-refractivity contribution in [3.05, 3.63) is 77.5 Å². The summed E-state index contributed by atoms with van der Waals surface area (Å²) < 4.78 is 5.25. The number of pyridine rings is 1. The highest BCUT2D eigenvalue weighted by Crippen LogP contribution is 2.32. The SMILES string of the molecule is CCOC(=O)c1c(NC(=S)Nc2ccccc2)nc(C)c(N=Nc2ccccc2)c1C. The number of hydrogen-bond donors (Lipinski definition) is 2. The van der Waals surface area contributed by atoms with Crippen LogP contribution in [0, 0.1) is 13.8 Å². The van der Waals surface area contributed by atoms with E-state index in [1.807, 2.05) is 60.7 Å². The highest BCUT2D eigenvalue weighted by molar-refractivity contribution is 7.80. The van der Waals surface area contributed by atoms with Crippen molar-refractivity contribution in [3.8, 4) is 0 Å². The highest BCUT2D eigenvalue weighted by Gasteiger charge is 2.23. The molecular formula is C23H23N5O2S. The Kier molecular flexibility index (Phi) is 7.40. The summed E-state index contributed by atoms with van der Waals surface area (Å²) in [5, 5.41) is 15.0. The van der Waals surface area contributed by atoms with Crippen LogP contribution < -0.4 is 10.6 Å². The number of carbonyl (C=O) groups is 1. The van der Waals surface area contributed by atoms with Crippen LogP contribution in [0.25, 0.3) is 0 Å². The molecule has 0 amide bonds. The van der Waals surface area contributed by atoms with Crippen molar-refractivity contribution < 1.29 is 9.53 Å². The number of aryl methyl sites for hydroxylation is 1. The molecule has 3 rings (SSSR count). The van der Waals surface area contributed by atoms with Gasteiger partial charge in [0.1, 0.15) is 17.1 Å². The third-order valence-electron chi connectivity index (χ3n) is 4.35. The minimum absolute atomic E-state index is 0.235. The maximum atomic E-state index is 12.7. The number of benzene rings is 2. The molecule has 31 heavy (non-hydrogen) atoms. The molecule has 1 heterocycles. The van der Waals surface area contributed by atoms with Gasteiger partial charge in [0, 0.05) is 5.69 Å². The second-order valence-corrected chi connectivity index (χ2v) is 7.00. The molecule has 0 fully saturated rings. The third kappa shape index (κ3) is 5.70. The van der Waals surface area contributed by atoms with Crippen LogP contribution >= 0.6 is 12.2 Å². The molecular weight excluding hydrogens is 410 g/mol. The van der Waals surface area contributed by atoms with Crippen molar-refractivity contribution in [2.24, 2.45) is 10.2 Å². The van der Waals surface area contributed by atoms with Crippen molar-refractivity contribution in [1.82, 2.24) is 4.98 Å². The maximum Gasteiger partial charge on any atom is 0.342 e. The molecule has 0 aliphatic heterocycles. The molecule has 8 heteroatoms. The Labute approximate surface area is 186 Å². The molecule has 2 N–H and O–H groups in total. The quantitative estimate of drug-likeness (QED) is 0.277. The van der Waals surface area contributed by atoms with E-state index in [0.717, 1.165) is 5.69 Å². The first-order valence-electron chi connectivity index (χ1n) is 9.77. The number of thiocarbonyl (C=S) groups is 1. The number of ether oxygens (including phenoxy) is 1. The van der Waals surface area contributed by atoms with Crippen molar-refractivity contribution >= 4 is 46.2 Å². The van der Waals surface area contributed by atoms with Gasteiger partial charge in [-0.2, -0.15) is 5.11 Å². The van der Waals surface area contributed by atoms with Crippen LogP contribution in [0.4, 0.5) is 22.9 Å². The van der Waals surface area contributed by atoms with E-state index < -0.39 is 5.97 Å². The first-order valence-corrected chi connectivity index (χ1v) is 10.2. The van der Waals surface area contributed by atoms with Gasteiger partial charge < -0.3 is 15.4 Å². The summed E-state index contributed by atoms with van der Waals surface area (Å²) in [7, 11) is 0. The van der Waals surface area contributed by atoms with Crippen LogP contribution in [0.2, 0.25) is 0 Å². The van der Waals surface area contributed by atoms with Crippen LogP contribution in [0.1, 0.15) is 28.5 Å². The number of nitrogens with one attached hydrogen (secondary N) is 2. The predicted molar refractivity (Wildman–Crippen MR) is 127 cm³/mol. The highest BCUT2D eigenvalue weighted by atomic mass is 32.1. The Morgan fingerprint density at radius 3 is 2.29 bits per heavy atom. The molecule has 0 saturated carbocycles. The number of azo groups is 1. The van der Waals surface area contributed by atoms with E-state index in [1.54, 1.807) is 20.8 Å². The predicted octanol–water partition coefficient (Wildman–Crippen LogP) is 6.10. The average molecular weight is 434 g/mol. The molecule has 158 valence electrons. The van der Waals surface area contributed by atoms with Crippen LogP contribution in [-0.2, 0) is 4.74 Å². The number of carbonyl (C=O) groups excluding carboxylic acids is 1. The van der Waals surface area contributed by atoms with Crippen LogP contribution in [-0.4, -0.2) is 22.7 Å². The van der Waals surface area contributed by atoms with Crippen molar-refractivity contribution in [2.75, 3.05) is 17.2 Å². The topological polar surface area (TPSA) is 88.0 Å². The number of anilines is 2. The van der Waals surface area contributed by atoms with Crippen LogP contribution in [0.5, 0.6) is 0 Å². The first kappa shape index (κ1) is 22.0. The monoisotopic (exact) mass is 433 g/mol. The van der Waals surface area contributed by atoms with Gasteiger partial charge in [0.05, 0.1) is 18.0 Å². The lowest BCUT2D eigenvalue weighted by Gasteiger charge is -2.17. The van der Waals surface area contributed by atoms with Gasteiger partial charge in [-0.1, -0.05) is 36.4 Å². The minimum atomic E-state index is -0.506. The summed E-state index contributed by atoms with van der Waals surface area (Å²) in [5.74, 6) is -0.200. The molecule has 0 unspecified atom stereocenters. The largest absolute Gasteiger partial charge is 0.462 e. The zero-order chi connectivity index (χ0) is 22.2. The molecule has 0 saturated heterocycles. The summed E-state index contributed by atoms with van der Waals surface area (Å²) >= 11 is 5.41. The van der Waals surface area contributed by atoms with Gasteiger partial charge in [-0.05, 0) is 62.8 Å². The number of aromatic nitrogens is 1. The van der Waals surface area contributed by atoms with E-state index in [-0.39, 0.29) is 12.2 Å². The average Bonchev–Trinajstić information content (AvgIpc) is 2.75. The summed E-state index contributed by atoms with van der Waals surface area (Å²) in [6.45, 7) is 5.58. The van der Waals surface area contributed by atoms with Gasteiger partial charge in [0.25, 0.3) is 0 Å². The van der Waals surface area contributed by atoms with Crippen molar-refractivity contribution in [2.45, 2.75) is 20.8 Å². The summed E-state index contributed by atoms with van der Waals surface area (Å²) in [5.41, 5.74) is 3.52. The van der Waals surface area contributed by atoms with E-state index in [9.17, 15) is 4.79 Å². The minimum Gasteiger partial charge on any atom is -0.462 e. The number of rotatable bonds is 6. The van der Waals surface area contributed by atoms with E-state index in [1.165, 1.54) is 0 Å². The summed E-state index contributed by atoms with van der Waals surface area (Å²) in [6, 6.07) is 18.8. The fourth-order valence-electron chi connectivity index (χ4n) is 2.93. The van der Waals surface area contributed by atoms with E-state index in [0.29, 0.717) is 33.6 Å². The Morgan fingerprint density at radius 2 is 1.65 bits per heavy atom. The normalized spacial score (nSPS) is 10.7. The molecule has 0 bridgehead atoms. The summed E-state index contributed by atoms with van der Waals surface area (Å²) in [4.78, 5) is 17.3. The van der Waals surface area contributed by atoms with E-state index in [4.69, 9.17) is 17.0 Å². The smallest absolute Gasteiger partial charge is 0.342 e. The lowest BCUT2D eigenvalue weighted by Crippen LogP contribution is -2.23. The van der Waals surface area contributed by atoms with Gasteiger partial charge in [0.2, 0.25) is 0 Å². The molecule has 2 aromatic carbocycles. The Hall–Kier alpha value is -3.65. The Bertz CT molecular complexity index is 1100. The van der Waals surface area contributed by atoms with Crippen molar-refractivity contribution in [1.29, 1.82) is 0 Å². The molecule has 1 aromatic heterocycles. The van der Waals surface area contributed by atoms with Gasteiger partial charge in [-0.3, -0.25) is 0 Å². The molecule has 0 spiro atoms. The lowest BCUT2D eigenvalue weighted by molar-refractivity contribution is 0.0526. The zero-order valence-electron chi connectivity index (χ0n) is 17.5. The van der Waals surface area contributed by atoms with E-state index in [2.05, 4.69) is 25.8 Å². The number of para-hydroxylation sites is 1. The third-order valence-corrected chi connectivity index (χ3v) is 4.56. The zero-order valence-corrected chi connectivity index (χ0v) is 18.4. The Morgan fingerprint density at radius 1 is 1.00 bits per heavy atom. The number of esters is 1. The van der Waals surface area contributed by atoms with Gasteiger partial charge in [-0.15, -0.1) is 5.11 Å². The standard InChI is InChI=1S/C23H23N5O2S/c1-4-30-22(29)19-15(2)20(28-27-18-13-9-6-10-14-18)16(3)24-21(19)26-23(31)25-17-11-7-5-8-12-17/h5-14H,4H2,1-3H3,(H2,24,25,26,31). The van der Waals surface area contributed by atoms with Gasteiger partial charge >= 0.3 is 5.97 Å². The molecule has 3 aromatic rings. The number of nitrogens with zero attached hydrogens (tertiary/aromatic N) is 3. The maximum absolute atomic E-state index is 12.7. The molecule has 7 nitrogen and oxygen atoms in total. The van der Waals surface area contributed by atoms with Crippen LogP contribution in [0.3, 0.4) is 0 Å². The second-order valence-electron chi connectivity index (χ2n) is 6.60. The first-order chi connectivity index (χ1) is 15.0. The second kappa shape index (κ2) is 10.4. The number of hydrogen-bond acceptors (Lipinski definition) is 6. The van der Waals surface area contributed by atoms with Gasteiger partial charge in [0.15, 0.2) is 5.11 Å².